The third-order valence-corrected chi connectivity index (χ3v) is 1.41. The van der Waals surface area contributed by atoms with E-state index in [4.69, 9.17) is 9.90 Å². The second-order valence-electron chi connectivity index (χ2n) is 2.62. The van der Waals surface area contributed by atoms with E-state index in [1.165, 1.54) is 6.42 Å². The van der Waals surface area contributed by atoms with Gasteiger partial charge in [0.1, 0.15) is 5.78 Å². The van der Waals surface area contributed by atoms with E-state index < -0.39 is 5.97 Å². The third kappa shape index (κ3) is 18.3. The molecule has 0 aromatic rings. The van der Waals surface area contributed by atoms with Crippen molar-refractivity contribution in [3.8, 4) is 0 Å². The maximum absolute atomic E-state index is 10.5. The topological polar surface area (TPSA) is 54.4 Å². The van der Waals surface area contributed by atoms with Crippen LogP contribution in [0.25, 0.3) is 0 Å². The van der Waals surface area contributed by atoms with Crippen molar-refractivity contribution in [1.82, 2.24) is 0 Å². The summed E-state index contributed by atoms with van der Waals surface area (Å²) in [6.07, 6.45) is 5.24. The van der Waals surface area contributed by atoms with E-state index in [0.29, 0.717) is 5.78 Å². The lowest BCUT2D eigenvalue weighted by atomic mass is 10.00. The third-order valence-electron chi connectivity index (χ3n) is 1.41. The quantitative estimate of drug-likeness (QED) is 0.633. The number of carboxylic acid groups (broad SMARTS) is 1. The molecule has 1 rings (SSSR count). The summed E-state index contributed by atoms with van der Waals surface area (Å²) in [4.78, 5) is 19.5. The zero-order valence-electron chi connectivity index (χ0n) is 8.51. The lowest BCUT2D eigenvalue weighted by molar-refractivity contribution is -0.134. The normalized spacial score (nSPS) is 14.5. The van der Waals surface area contributed by atoms with E-state index in [-0.39, 0.29) is 0 Å². The molecule has 1 fully saturated rings. The Labute approximate surface area is 80.1 Å². The number of hydrogen-bond donors (Lipinski definition) is 1. The van der Waals surface area contributed by atoms with Gasteiger partial charge in [-0.05, 0) is 12.8 Å². The highest BCUT2D eigenvalue weighted by Gasteiger charge is 2.05. The standard InChI is InChI=1S/C6H10O.C2H4O2.C2H5/c7-6-4-2-1-3-5-6;1-2(3)4;1-2/h1-5H2;1H3,(H,3,4);1H2,2H3. The summed E-state index contributed by atoms with van der Waals surface area (Å²) >= 11 is 0. The highest BCUT2D eigenvalue weighted by Crippen LogP contribution is 2.12. The van der Waals surface area contributed by atoms with Gasteiger partial charge in [-0.3, -0.25) is 9.59 Å². The fourth-order valence-electron chi connectivity index (χ4n) is 0.946. The predicted octanol–water partition coefficient (Wildman–Crippen LogP) is 2.45. The van der Waals surface area contributed by atoms with Crippen molar-refractivity contribution in [2.45, 2.75) is 46.0 Å². The van der Waals surface area contributed by atoms with E-state index in [9.17, 15) is 4.79 Å². The van der Waals surface area contributed by atoms with Crippen LogP contribution in [0.2, 0.25) is 0 Å². The van der Waals surface area contributed by atoms with Gasteiger partial charge in [0, 0.05) is 19.8 Å². The van der Waals surface area contributed by atoms with Gasteiger partial charge in [-0.25, -0.2) is 0 Å². The van der Waals surface area contributed by atoms with Gasteiger partial charge in [0.25, 0.3) is 5.97 Å². The Morgan fingerprint density at radius 3 is 1.69 bits per heavy atom. The smallest absolute Gasteiger partial charge is 0.300 e. The summed E-state index contributed by atoms with van der Waals surface area (Å²) in [5.74, 6) is -0.369. The Bertz CT molecular complexity index is 129. The Kier molecular flexibility index (Phi) is 12.6. The van der Waals surface area contributed by atoms with Gasteiger partial charge < -0.3 is 5.11 Å². The van der Waals surface area contributed by atoms with Crippen molar-refractivity contribution in [2.75, 3.05) is 0 Å². The van der Waals surface area contributed by atoms with E-state index >= 15 is 0 Å². The minimum absolute atomic E-state index is 0.464. The predicted molar refractivity (Wildman–Crippen MR) is 52.4 cm³/mol. The van der Waals surface area contributed by atoms with Crippen LogP contribution >= 0.6 is 0 Å². The molecular formula is C10H19O3. The Morgan fingerprint density at radius 1 is 1.23 bits per heavy atom. The van der Waals surface area contributed by atoms with Crippen molar-refractivity contribution >= 4 is 11.8 Å². The fourth-order valence-corrected chi connectivity index (χ4v) is 0.946. The molecule has 0 aromatic carbocycles. The molecule has 0 saturated heterocycles. The monoisotopic (exact) mass is 187 g/mol. The number of carbonyl (C=O) groups excluding carboxylic acids is 1. The summed E-state index contributed by atoms with van der Waals surface area (Å²) < 4.78 is 0. The Morgan fingerprint density at radius 2 is 1.54 bits per heavy atom. The summed E-state index contributed by atoms with van der Waals surface area (Å²) in [5, 5.41) is 7.42. The first-order valence-corrected chi connectivity index (χ1v) is 4.55. The molecule has 0 spiro atoms. The first kappa shape index (κ1) is 14.7. The summed E-state index contributed by atoms with van der Waals surface area (Å²) in [6, 6.07) is 0. The first-order valence-electron chi connectivity index (χ1n) is 4.55. The molecule has 77 valence electrons. The summed E-state index contributed by atoms with van der Waals surface area (Å²) in [6.45, 7) is 6.08. The summed E-state index contributed by atoms with van der Waals surface area (Å²) in [7, 11) is 0. The average molecular weight is 187 g/mol. The molecule has 1 saturated carbocycles. The van der Waals surface area contributed by atoms with E-state index in [1.807, 2.05) is 0 Å². The SMILES string of the molecule is CC(=O)O.O=C1CCCCC1.[CH2]C. The van der Waals surface area contributed by atoms with Gasteiger partial charge in [0.15, 0.2) is 0 Å². The van der Waals surface area contributed by atoms with Crippen LogP contribution < -0.4 is 0 Å². The van der Waals surface area contributed by atoms with Crippen LogP contribution in [0, 0.1) is 6.92 Å². The van der Waals surface area contributed by atoms with Crippen LogP contribution in [0.5, 0.6) is 0 Å². The lowest BCUT2D eigenvalue weighted by Crippen LogP contribution is -2.02. The van der Waals surface area contributed by atoms with Crippen molar-refractivity contribution in [3.63, 3.8) is 0 Å². The van der Waals surface area contributed by atoms with E-state index in [1.54, 1.807) is 6.92 Å². The minimum Gasteiger partial charge on any atom is -0.481 e. The number of hydrogen-bond acceptors (Lipinski definition) is 2. The van der Waals surface area contributed by atoms with Crippen LogP contribution in [-0.2, 0) is 9.59 Å². The number of Topliss-reactive ketones (excluding diaryl/α,β-unsaturated/α-hetero) is 1. The Balaban J connectivity index is 0. The average Bonchev–Trinajstić information content (AvgIpc) is 2.08. The minimum atomic E-state index is -0.833. The number of carboxylic acids is 1. The van der Waals surface area contributed by atoms with Gasteiger partial charge in [-0.2, -0.15) is 0 Å². The van der Waals surface area contributed by atoms with Crippen LogP contribution in [-0.4, -0.2) is 16.9 Å². The fraction of sp³-hybridized carbons (Fsp3) is 0.700. The zero-order valence-corrected chi connectivity index (χ0v) is 8.51. The Hall–Kier alpha value is -0.860. The molecule has 3 nitrogen and oxygen atoms in total. The summed E-state index contributed by atoms with van der Waals surface area (Å²) in [5.41, 5.74) is 0. The molecule has 0 aromatic heterocycles. The number of aliphatic carboxylic acids is 1. The van der Waals surface area contributed by atoms with Gasteiger partial charge in [-0.1, -0.05) is 20.3 Å². The molecule has 1 aliphatic carbocycles. The molecule has 13 heavy (non-hydrogen) atoms. The van der Waals surface area contributed by atoms with Crippen LogP contribution in [0.3, 0.4) is 0 Å². The molecular weight excluding hydrogens is 168 g/mol. The number of rotatable bonds is 0. The number of ketones is 1. The second kappa shape index (κ2) is 11.1. The number of carbonyl (C=O) groups is 2. The molecule has 1 radical (unpaired) electrons. The molecule has 0 aliphatic heterocycles. The lowest BCUT2D eigenvalue weighted by Gasteiger charge is -2.05. The van der Waals surface area contributed by atoms with Crippen molar-refractivity contribution in [3.05, 3.63) is 6.92 Å². The van der Waals surface area contributed by atoms with Crippen LogP contribution in [0.4, 0.5) is 0 Å². The molecule has 0 bridgehead atoms. The van der Waals surface area contributed by atoms with Crippen LogP contribution in [0.15, 0.2) is 0 Å². The molecule has 0 amide bonds. The van der Waals surface area contributed by atoms with Crippen LogP contribution in [0.1, 0.15) is 46.0 Å². The maximum Gasteiger partial charge on any atom is 0.300 e. The zero-order chi connectivity index (χ0) is 10.7. The molecule has 0 unspecified atom stereocenters. The molecule has 1 N–H and O–H groups in total. The molecule has 1 aliphatic rings. The van der Waals surface area contributed by atoms with Gasteiger partial charge in [0.2, 0.25) is 0 Å². The second-order valence-corrected chi connectivity index (χ2v) is 2.62. The highest BCUT2D eigenvalue weighted by atomic mass is 16.4. The van der Waals surface area contributed by atoms with E-state index in [2.05, 4.69) is 6.92 Å². The first-order chi connectivity index (χ1) is 6.13. The van der Waals surface area contributed by atoms with Crippen molar-refractivity contribution in [2.24, 2.45) is 0 Å². The van der Waals surface area contributed by atoms with E-state index in [0.717, 1.165) is 32.6 Å². The molecule has 0 heterocycles. The molecule has 0 atom stereocenters. The molecule has 3 heteroatoms. The largest absolute Gasteiger partial charge is 0.481 e. The van der Waals surface area contributed by atoms with Crippen molar-refractivity contribution < 1.29 is 14.7 Å². The van der Waals surface area contributed by atoms with Crippen molar-refractivity contribution in [1.29, 1.82) is 0 Å². The maximum atomic E-state index is 10.5. The van der Waals surface area contributed by atoms with Gasteiger partial charge >= 0.3 is 0 Å². The van der Waals surface area contributed by atoms with Gasteiger partial charge in [-0.15, -0.1) is 0 Å². The van der Waals surface area contributed by atoms with Gasteiger partial charge in [0.05, 0.1) is 0 Å². The highest BCUT2D eigenvalue weighted by molar-refractivity contribution is 5.78.